The van der Waals surface area contributed by atoms with E-state index in [4.69, 9.17) is 4.74 Å². The third-order valence-electron chi connectivity index (χ3n) is 5.13. The van der Waals surface area contributed by atoms with Gasteiger partial charge < -0.3 is 20.4 Å². The highest BCUT2D eigenvalue weighted by Gasteiger charge is 2.33. The predicted molar refractivity (Wildman–Crippen MR) is 113 cm³/mol. The second kappa shape index (κ2) is 7.54. The van der Waals surface area contributed by atoms with Crippen molar-refractivity contribution in [3.63, 3.8) is 0 Å². The fraction of sp³-hybridized carbons (Fsp3) is 0.364. The van der Waals surface area contributed by atoms with Crippen molar-refractivity contribution in [1.29, 1.82) is 0 Å². The number of aromatic nitrogens is 2. The normalized spacial score (nSPS) is 18.4. The number of benzene rings is 1. The molecule has 0 fully saturated rings. The van der Waals surface area contributed by atoms with E-state index < -0.39 is 0 Å². The van der Waals surface area contributed by atoms with E-state index in [9.17, 15) is 0 Å². The number of ether oxygens (including phenoxy) is 1. The lowest BCUT2D eigenvalue weighted by Crippen LogP contribution is -2.45. The summed E-state index contributed by atoms with van der Waals surface area (Å²) in [6.07, 6.45) is 5.60. The Morgan fingerprint density at radius 2 is 2.14 bits per heavy atom. The number of H-pyrrole nitrogens is 1. The molecule has 0 spiro atoms. The summed E-state index contributed by atoms with van der Waals surface area (Å²) in [7, 11) is 1.81. The van der Waals surface area contributed by atoms with Crippen molar-refractivity contribution in [2.45, 2.75) is 38.3 Å². The van der Waals surface area contributed by atoms with Gasteiger partial charge in [-0.1, -0.05) is 18.2 Å². The minimum Gasteiger partial charge on any atom is -0.487 e. The topological polar surface area (TPSA) is 74.3 Å². The van der Waals surface area contributed by atoms with Crippen LogP contribution in [-0.2, 0) is 6.42 Å². The molecule has 1 aromatic carbocycles. The van der Waals surface area contributed by atoms with Crippen LogP contribution < -0.4 is 15.4 Å². The van der Waals surface area contributed by atoms with Gasteiger partial charge in [0.05, 0.1) is 6.04 Å². The van der Waals surface area contributed by atoms with Crippen LogP contribution in [0.2, 0.25) is 0 Å². The number of aliphatic imine (C=N–C) groups is 1. The van der Waals surface area contributed by atoms with Gasteiger partial charge >= 0.3 is 0 Å². The van der Waals surface area contributed by atoms with Crippen molar-refractivity contribution in [3.8, 4) is 5.75 Å². The summed E-state index contributed by atoms with van der Waals surface area (Å²) in [5.74, 6) is 1.74. The molecule has 1 aliphatic rings. The van der Waals surface area contributed by atoms with Crippen LogP contribution in [0.3, 0.4) is 0 Å². The summed E-state index contributed by atoms with van der Waals surface area (Å²) in [5, 5.41) is 8.19. The predicted octanol–water partition coefficient (Wildman–Crippen LogP) is 3.57. The molecule has 0 radical (unpaired) electrons. The van der Waals surface area contributed by atoms with E-state index in [-0.39, 0.29) is 11.6 Å². The molecule has 0 saturated heterocycles. The minimum atomic E-state index is -0.220. The molecule has 0 saturated carbocycles. The van der Waals surface area contributed by atoms with Gasteiger partial charge in [-0.3, -0.25) is 4.99 Å². The lowest BCUT2D eigenvalue weighted by atomic mass is 9.90. The van der Waals surface area contributed by atoms with Gasteiger partial charge in [-0.25, -0.2) is 4.98 Å². The van der Waals surface area contributed by atoms with Crippen LogP contribution in [0.25, 0.3) is 11.0 Å². The summed E-state index contributed by atoms with van der Waals surface area (Å²) in [4.78, 5) is 12.0. The molecular formula is C22H27N5O. The number of aromatic amines is 1. The molecule has 3 aromatic rings. The van der Waals surface area contributed by atoms with Gasteiger partial charge in [0.25, 0.3) is 0 Å². The Morgan fingerprint density at radius 3 is 3.00 bits per heavy atom. The number of pyridine rings is 1. The van der Waals surface area contributed by atoms with Crippen molar-refractivity contribution in [2.75, 3.05) is 13.6 Å². The monoisotopic (exact) mass is 377 g/mol. The molecule has 1 atom stereocenters. The number of rotatable bonds is 4. The summed E-state index contributed by atoms with van der Waals surface area (Å²) >= 11 is 0. The van der Waals surface area contributed by atoms with Crippen molar-refractivity contribution in [2.24, 2.45) is 4.99 Å². The third-order valence-corrected chi connectivity index (χ3v) is 5.13. The molecule has 28 heavy (non-hydrogen) atoms. The fourth-order valence-electron chi connectivity index (χ4n) is 3.83. The maximum absolute atomic E-state index is 6.13. The van der Waals surface area contributed by atoms with Gasteiger partial charge in [-0.2, -0.15) is 0 Å². The van der Waals surface area contributed by atoms with Gasteiger partial charge in [0.1, 0.15) is 17.0 Å². The Morgan fingerprint density at radius 1 is 1.29 bits per heavy atom. The lowest BCUT2D eigenvalue weighted by Gasteiger charge is -2.38. The molecule has 0 aliphatic carbocycles. The molecule has 2 aromatic heterocycles. The Balaban J connectivity index is 1.41. The van der Waals surface area contributed by atoms with Crippen LogP contribution >= 0.6 is 0 Å². The smallest absolute Gasteiger partial charge is 0.191 e. The standard InChI is InChI=1S/C22H27N5O/c1-22(2)13-18(17-7-4-5-9-19(17)28-22)27-21(23-3)25-12-10-15-14-26-20-16(15)8-6-11-24-20/h4-9,11,14,18H,10,12-13H2,1-3H3,(H,24,26)(H2,23,25,27). The molecule has 146 valence electrons. The van der Waals surface area contributed by atoms with Crippen LogP contribution in [0.15, 0.2) is 53.8 Å². The summed E-state index contributed by atoms with van der Waals surface area (Å²) in [6, 6.07) is 12.4. The molecule has 3 N–H and O–H groups in total. The van der Waals surface area contributed by atoms with Crippen LogP contribution in [0.4, 0.5) is 0 Å². The third kappa shape index (κ3) is 3.81. The largest absolute Gasteiger partial charge is 0.487 e. The first-order chi connectivity index (χ1) is 13.6. The molecule has 6 heteroatoms. The van der Waals surface area contributed by atoms with Crippen LogP contribution in [0, 0.1) is 0 Å². The van der Waals surface area contributed by atoms with E-state index in [0.717, 1.165) is 36.7 Å². The maximum atomic E-state index is 6.13. The maximum Gasteiger partial charge on any atom is 0.191 e. The van der Waals surface area contributed by atoms with E-state index >= 15 is 0 Å². The lowest BCUT2D eigenvalue weighted by molar-refractivity contribution is 0.0694. The second-order valence-corrected chi connectivity index (χ2v) is 7.76. The van der Waals surface area contributed by atoms with E-state index in [0.29, 0.717) is 0 Å². The number of hydrogen-bond donors (Lipinski definition) is 3. The summed E-state index contributed by atoms with van der Waals surface area (Å²) in [5.41, 5.74) is 3.14. The first-order valence-corrected chi connectivity index (χ1v) is 9.72. The SMILES string of the molecule is CN=C(NCCc1c[nH]c2ncccc12)NC1CC(C)(C)Oc2ccccc21. The summed E-state index contributed by atoms with van der Waals surface area (Å²) in [6.45, 7) is 5.04. The van der Waals surface area contributed by atoms with E-state index in [1.807, 2.05) is 24.4 Å². The molecule has 0 bridgehead atoms. The Kier molecular flexibility index (Phi) is 4.94. The highest BCUT2D eigenvalue weighted by atomic mass is 16.5. The molecule has 4 rings (SSSR count). The fourth-order valence-corrected chi connectivity index (χ4v) is 3.83. The highest BCUT2D eigenvalue weighted by molar-refractivity contribution is 5.81. The van der Waals surface area contributed by atoms with Crippen molar-refractivity contribution < 1.29 is 4.74 Å². The van der Waals surface area contributed by atoms with Crippen LogP contribution in [0.5, 0.6) is 5.75 Å². The molecule has 0 amide bonds. The average Bonchev–Trinajstić information content (AvgIpc) is 3.09. The van der Waals surface area contributed by atoms with E-state index in [1.165, 1.54) is 16.5 Å². The minimum absolute atomic E-state index is 0.156. The number of para-hydroxylation sites is 1. The Labute approximate surface area is 165 Å². The summed E-state index contributed by atoms with van der Waals surface area (Å²) < 4.78 is 6.13. The molecule has 1 aliphatic heterocycles. The molecular weight excluding hydrogens is 350 g/mol. The van der Waals surface area contributed by atoms with E-state index in [2.05, 4.69) is 57.6 Å². The molecule has 6 nitrogen and oxygen atoms in total. The second-order valence-electron chi connectivity index (χ2n) is 7.76. The highest BCUT2D eigenvalue weighted by Crippen LogP contribution is 2.39. The average molecular weight is 377 g/mol. The van der Waals surface area contributed by atoms with Crippen LogP contribution in [-0.4, -0.2) is 35.1 Å². The van der Waals surface area contributed by atoms with Gasteiger partial charge in [-0.15, -0.1) is 0 Å². The number of hydrogen-bond acceptors (Lipinski definition) is 3. The molecule has 3 heterocycles. The van der Waals surface area contributed by atoms with E-state index in [1.54, 1.807) is 13.2 Å². The van der Waals surface area contributed by atoms with Crippen molar-refractivity contribution in [1.82, 2.24) is 20.6 Å². The first kappa shape index (κ1) is 18.3. The van der Waals surface area contributed by atoms with Gasteiger partial charge in [0, 0.05) is 43.4 Å². The Bertz CT molecular complexity index is 991. The zero-order valence-electron chi connectivity index (χ0n) is 16.6. The zero-order valence-corrected chi connectivity index (χ0v) is 16.6. The Hall–Kier alpha value is -3.02. The van der Waals surface area contributed by atoms with Crippen molar-refractivity contribution >= 4 is 17.0 Å². The molecule has 1 unspecified atom stereocenters. The van der Waals surface area contributed by atoms with Gasteiger partial charge in [0.15, 0.2) is 5.96 Å². The quantitative estimate of drug-likeness (QED) is 0.480. The first-order valence-electron chi connectivity index (χ1n) is 9.72. The van der Waals surface area contributed by atoms with Gasteiger partial charge in [0.2, 0.25) is 0 Å². The number of nitrogens with zero attached hydrogens (tertiary/aromatic N) is 2. The van der Waals surface area contributed by atoms with Gasteiger partial charge in [-0.05, 0) is 44.0 Å². The number of fused-ring (bicyclic) bond motifs is 2. The number of nitrogens with one attached hydrogen (secondary N) is 3. The zero-order chi connectivity index (χ0) is 19.6. The van der Waals surface area contributed by atoms with Crippen LogP contribution in [0.1, 0.15) is 37.4 Å². The number of guanidine groups is 1. The van der Waals surface area contributed by atoms with Crippen molar-refractivity contribution in [3.05, 3.63) is 59.9 Å².